The Morgan fingerprint density at radius 1 is 1.38 bits per heavy atom. The highest BCUT2D eigenvalue weighted by Crippen LogP contribution is 2.04. The minimum atomic E-state index is 0.149. The number of likely N-dealkylation sites (N-methyl/N-ethyl adjacent to an activating group) is 1. The van der Waals surface area contributed by atoms with Crippen LogP contribution in [0.15, 0.2) is 0 Å². The third kappa shape index (κ3) is 5.47. The van der Waals surface area contributed by atoms with Crippen molar-refractivity contribution in [1.29, 1.82) is 0 Å². The molecule has 0 aliphatic heterocycles. The maximum Gasteiger partial charge on any atom is 0.224 e. The van der Waals surface area contributed by atoms with Crippen LogP contribution in [0.5, 0.6) is 0 Å². The first-order valence-electron chi connectivity index (χ1n) is 6.08. The summed E-state index contributed by atoms with van der Waals surface area (Å²) in [6, 6.07) is 0.387. The van der Waals surface area contributed by atoms with Gasteiger partial charge in [-0.05, 0) is 27.3 Å². The molecule has 2 unspecified atom stereocenters. The van der Waals surface area contributed by atoms with Gasteiger partial charge in [-0.3, -0.25) is 4.79 Å². The number of hydrogen-bond donors (Lipinski definition) is 1. The summed E-state index contributed by atoms with van der Waals surface area (Å²) in [6.07, 6.45) is 0.551. The van der Waals surface area contributed by atoms with E-state index in [4.69, 9.17) is 4.74 Å². The van der Waals surface area contributed by atoms with Crippen LogP contribution in [0.3, 0.4) is 0 Å². The molecule has 0 aromatic carbocycles. The van der Waals surface area contributed by atoms with E-state index in [0.29, 0.717) is 13.0 Å². The van der Waals surface area contributed by atoms with Crippen LogP contribution in [0.4, 0.5) is 0 Å². The van der Waals surface area contributed by atoms with Crippen LogP contribution >= 0.6 is 0 Å². The van der Waals surface area contributed by atoms with Crippen molar-refractivity contribution in [2.45, 2.75) is 46.2 Å². The van der Waals surface area contributed by atoms with E-state index < -0.39 is 0 Å². The van der Waals surface area contributed by atoms with E-state index >= 15 is 0 Å². The van der Waals surface area contributed by atoms with Crippen LogP contribution < -0.4 is 5.32 Å². The molecule has 0 fully saturated rings. The van der Waals surface area contributed by atoms with Gasteiger partial charge in [0.05, 0.1) is 12.6 Å². The molecule has 0 radical (unpaired) electrons. The topological polar surface area (TPSA) is 41.6 Å². The largest absolute Gasteiger partial charge is 0.383 e. The van der Waals surface area contributed by atoms with Crippen molar-refractivity contribution in [3.63, 3.8) is 0 Å². The lowest BCUT2D eigenvalue weighted by Crippen LogP contribution is -2.43. The van der Waals surface area contributed by atoms with Crippen LogP contribution in [0.25, 0.3) is 0 Å². The molecule has 0 aromatic rings. The van der Waals surface area contributed by atoms with Crippen molar-refractivity contribution in [2.24, 2.45) is 0 Å². The molecule has 1 N–H and O–H groups in total. The van der Waals surface area contributed by atoms with Crippen LogP contribution in [0.1, 0.15) is 34.1 Å². The molecule has 16 heavy (non-hydrogen) atoms. The maximum absolute atomic E-state index is 12.0. The molecule has 4 heteroatoms. The number of hydrogen-bond acceptors (Lipinski definition) is 3. The number of methoxy groups -OCH3 is 1. The quantitative estimate of drug-likeness (QED) is 0.682. The average molecular weight is 230 g/mol. The van der Waals surface area contributed by atoms with Crippen molar-refractivity contribution >= 4 is 5.91 Å². The number of nitrogens with one attached hydrogen (secondary N) is 1. The number of amides is 1. The van der Waals surface area contributed by atoms with Crippen LogP contribution in [0, 0.1) is 0 Å². The smallest absolute Gasteiger partial charge is 0.224 e. The molecule has 0 heterocycles. The fourth-order valence-corrected chi connectivity index (χ4v) is 1.86. The predicted octanol–water partition coefficient (Wildman–Crippen LogP) is 1.26. The van der Waals surface area contributed by atoms with E-state index in [9.17, 15) is 4.79 Å². The van der Waals surface area contributed by atoms with E-state index in [1.807, 2.05) is 32.6 Å². The van der Waals surface area contributed by atoms with E-state index in [1.54, 1.807) is 7.11 Å². The number of carbonyl (C=O) groups is 1. The summed E-state index contributed by atoms with van der Waals surface area (Å²) in [4.78, 5) is 13.9. The third-order valence-electron chi connectivity index (χ3n) is 2.63. The Hall–Kier alpha value is -0.610. The molecule has 0 saturated heterocycles. The molecule has 96 valence electrons. The SMILES string of the molecule is CCNC(C)CC(=O)N(CC)C(C)COC. The fraction of sp³-hybridized carbons (Fsp3) is 0.917. The van der Waals surface area contributed by atoms with Crippen molar-refractivity contribution in [2.75, 3.05) is 26.8 Å². The van der Waals surface area contributed by atoms with Gasteiger partial charge in [0.2, 0.25) is 5.91 Å². The lowest BCUT2D eigenvalue weighted by molar-refractivity contribution is -0.134. The lowest BCUT2D eigenvalue weighted by Gasteiger charge is -2.28. The molecule has 1 amide bonds. The number of ether oxygens (including phenoxy) is 1. The second-order valence-electron chi connectivity index (χ2n) is 4.15. The Morgan fingerprint density at radius 2 is 2.00 bits per heavy atom. The normalized spacial score (nSPS) is 14.6. The number of nitrogens with zero attached hydrogens (tertiary/aromatic N) is 1. The lowest BCUT2D eigenvalue weighted by atomic mass is 10.2. The molecule has 2 atom stereocenters. The zero-order valence-corrected chi connectivity index (χ0v) is 11.2. The molecule has 0 rings (SSSR count). The van der Waals surface area contributed by atoms with Crippen LogP contribution in [-0.2, 0) is 9.53 Å². The molecular weight excluding hydrogens is 204 g/mol. The monoisotopic (exact) mass is 230 g/mol. The van der Waals surface area contributed by atoms with Gasteiger partial charge in [-0.25, -0.2) is 0 Å². The predicted molar refractivity (Wildman–Crippen MR) is 66.5 cm³/mol. The zero-order chi connectivity index (χ0) is 12.6. The van der Waals surface area contributed by atoms with Gasteiger partial charge < -0.3 is 15.0 Å². The Balaban J connectivity index is 4.19. The second-order valence-corrected chi connectivity index (χ2v) is 4.15. The number of carbonyl (C=O) groups excluding carboxylic acids is 1. The van der Waals surface area contributed by atoms with Gasteiger partial charge in [-0.1, -0.05) is 6.92 Å². The Morgan fingerprint density at radius 3 is 2.44 bits per heavy atom. The Kier molecular flexibility index (Phi) is 8.21. The van der Waals surface area contributed by atoms with E-state index in [2.05, 4.69) is 5.32 Å². The summed E-state index contributed by atoms with van der Waals surface area (Å²) in [6.45, 7) is 10.3. The van der Waals surface area contributed by atoms with E-state index in [1.165, 1.54) is 0 Å². The van der Waals surface area contributed by atoms with Crippen molar-refractivity contribution in [3.05, 3.63) is 0 Å². The molecule has 0 bridgehead atoms. The van der Waals surface area contributed by atoms with Crippen LogP contribution in [-0.4, -0.2) is 49.7 Å². The van der Waals surface area contributed by atoms with Gasteiger partial charge >= 0.3 is 0 Å². The van der Waals surface area contributed by atoms with E-state index in [-0.39, 0.29) is 18.0 Å². The summed E-state index contributed by atoms with van der Waals surface area (Å²) in [7, 11) is 1.66. The van der Waals surface area contributed by atoms with Gasteiger partial charge in [0, 0.05) is 26.1 Å². The Labute approximate surface area is 99.3 Å². The summed E-state index contributed by atoms with van der Waals surface area (Å²) >= 11 is 0. The molecule has 0 spiro atoms. The van der Waals surface area contributed by atoms with E-state index in [0.717, 1.165) is 13.1 Å². The average Bonchev–Trinajstić information content (AvgIpc) is 2.19. The molecular formula is C12H26N2O2. The first-order chi connectivity index (χ1) is 7.56. The molecule has 4 nitrogen and oxygen atoms in total. The van der Waals surface area contributed by atoms with Crippen LogP contribution in [0.2, 0.25) is 0 Å². The molecule has 0 saturated carbocycles. The van der Waals surface area contributed by atoms with Gasteiger partial charge in [0.25, 0.3) is 0 Å². The van der Waals surface area contributed by atoms with Gasteiger partial charge in [-0.15, -0.1) is 0 Å². The highest BCUT2D eigenvalue weighted by molar-refractivity contribution is 5.77. The van der Waals surface area contributed by atoms with Crippen molar-refractivity contribution in [1.82, 2.24) is 10.2 Å². The summed E-state index contributed by atoms with van der Waals surface area (Å²) in [5.41, 5.74) is 0. The summed E-state index contributed by atoms with van der Waals surface area (Å²) in [5.74, 6) is 0.195. The number of rotatable bonds is 8. The first kappa shape index (κ1) is 15.4. The molecule has 0 aliphatic rings. The Bertz CT molecular complexity index is 197. The van der Waals surface area contributed by atoms with Gasteiger partial charge in [0.1, 0.15) is 0 Å². The zero-order valence-electron chi connectivity index (χ0n) is 11.2. The standard InChI is InChI=1S/C12H26N2O2/c1-6-13-10(3)8-12(15)14(7-2)11(4)9-16-5/h10-11,13H,6-9H2,1-5H3. The van der Waals surface area contributed by atoms with Gasteiger partial charge in [-0.2, -0.15) is 0 Å². The summed E-state index contributed by atoms with van der Waals surface area (Å²) in [5, 5.41) is 3.25. The second kappa shape index (κ2) is 8.53. The minimum absolute atomic E-state index is 0.149. The van der Waals surface area contributed by atoms with Crippen molar-refractivity contribution in [3.8, 4) is 0 Å². The molecule has 0 aromatic heterocycles. The molecule has 0 aliphatic carbocycles. The minimum Gasteiger partial charge on any atom is -0.383 e. The van der Waals surface area contributed by atoms with Gasteiger partial charge in [0.15, 0.2) is 0 Å². The first-order valence-corrected chi connectivity index (χ1v) is 6.08. The third-order valence-corrected chi connectivity index (χ3v) is 2.63. The maximum atomic E-state index is 12.0. The van der Waals surface area contributed by atoms with Crippen molar-refractivity contribution < 1.29 is 9.53 Å². The fourth-order valence-electron chi connectivity index (χ4n) is 1.86. The highest BCUT2D eigenvalue weighted by Gasteiger charge is 2.19. The highest BCUT2D eigenvalue weighted by atomic mass is 16.5. The summed E-state index contributed by atoms with van der Waals surface area (Å²) < 4.78 is 5.08.